The van der Waals surface area contributed by atoms with Crippen molar-refractivity contribution in [2.75, 3.05) is 26.9 Å². The number of likely N-dealkylation sites (tertiary alicyclic amines) is 1. The molecule has 0 N–H and O–H groups in total. The number of rotatable bonds is 7. The number of amides is 1. The second kappa shape index (κ2) is 7.68. The Morgan fingerprint density at radius 2 is 2.15 bits per heavy atom. The van der Waals surface area contributed by atoms with Gasteiger partial charge in [0.1, 0.15) is 0 Å². The summed E-state index contributed by atoms with van der Waals surface area (Å²) in [6, 6.07) is -0.621. The molecule has 3 aliphatic rings. The average molecular weight is 354 g/mol. The molecule has 0 saturated carbocycles. The van der Waals surface area contributed by atoms with E-state index in [0.29, 0.717) is 24.0 Å². The van der Waals surface area contributed by atoms with E-state index in [2.05, 4.69) is 29.2 Å². The van der Waals surface area contributed by atoms with Gasteiger partial charge in [-0.2, -0.15) is 0 Å². The van der Waals surface area contributed by atoms with Crippen molar-refractivity contribution in [3.8, 4) is 12.3 Å². The van der Waals surface area contributed by atoms with E-state index >= 15 is 0 Å². The number of allylic oxidation sites excluding steroid dienone is 1. The van der Waals surface area contributed by atoms with Gasteiger partial charge in [0.25, 0.3) is 0 Å². The molecule has 136 valence electrons. The van der Waals surface area contributed by atoms with Crippen molar-refractivity contribution in [2.24, 2.45) is 0 Å². The highest BCUT2D eigenvalue weighted by Crippen LogP contribution is 2.24. The van der Waals surface area contributed by atoms with Crippen molar-refractivity contribution < 1.29 is 19.1 Å². The van der Waals surface area contributed by atoms with Crippen LogP contribution in [0.15, 0.2) is 34.6 Å². The molecular weight excluding hydrogens is 332 g/mol. The van der Waals surface area contributed by atoms with Crippen molar-refractivity contribution in [1.29, 1.82) is 0 Å². The van der Waals surface area contributed by atoms with Crippen molar-refractivity contribution in [2.45, 2.75) is 38.3 Å². The molecule has 1 amide bonds. The summed E-state index contributed by atoms with van der Waals surface area (Å²) in [6.07, 6.45) is 9.39. The van der Waals surface area contributed by atoms with Crippen molar-refractivity contribution in [3.05, 3.63) is 34.6 Å². The van der Waals surface area contributed by atoms with E-state index in [1.165, 1.54) is 17.4 Å². The molecule has 0 aromatic rings. The van der Waals surface area contributed by atoms with Gasteiger partial charge < -0.3 is 19.3 Å². The van der Waals surface area contributed by atoms with Crippen LogP contribution >= 0.6 is 0 Å². The summed E-state index contributed by atoms with van der Waals surface area (Å²) in [5, 5.41) is 0. The zero-order valence-corrected chi connectivity index (χ0v) is 15.1. The van der Waals surface area contributed by atoms with Crippen LogP contribution in [0.4, 0.5) is 0 Å². The van der Waals surface area contributed by atoms with Gasteiger partial charge in [0, 0.05) is 25.6 Å². The van der Waals surface area contributed by atoms with Crippen LogP contribution in [0.1, 0.15) is 26.2 Å². The van der Waals surface area contributed by atoms with Crippen LogP contribution in [0.2, 0.25) is 0 Å². The third kappa shape index (κ3) is 3.61. The molecule has 0 aromatic heterocycles. The predicted molar refractivity (Wildman–Crippen MR) is 94.5 cm³/mol. The smallest absolute Gasteiger partial charge is 0.232 e. The largest absolute Gasteiger partial charge is 0.453 e. The number of hydrogen-bond donors (Lipinski definition) is 0. The number of carbonyl (C=O) groups is 2. The fourth-order valence-corrected chi connectivity index (χ4v) is 3.04. The number of likely N-dealkylation sites (N-methyl/N-ethyl adjacent to an activating group) is 1. The van der Waals surface area contributed by atoms with Crippen LogP contribution < -0.4 is 0 Å². The fraction of sp³-hybridized carbons (Fsp3) is 0.500. The number of carbonyl (C=O) groups excluding carboxylic acids is 2. The fourth-order valence-electron chi connectivity index (χ4n) is 3.04. The molecule has 2 heterocycles. The van der Waals surface area contributed by atoms with Crippen molar-refractivity contribution in [3.63, 3.8) is 0 Å². The van der Waals surface area contributed by atoms with Crippen LogP contribution in [0, 0.1) is 12.3 Å². The first-order valence-electron chi connectivity index (χ1n) is 8.75. The Labute approximate surface area is 153 Å². The highest BCUT2D eigenvalue weighted by molar-refractivity contribution is 6.05. The summed E-state index contributed by atoms with van der Waals surface area (Å²) in [7, 11) is 1.57. The molecular formula is C20H22N2O4. The van der Waals surface area contributed by atoms with E-state index in [0.717, 1.165) is 19.5 Å². The Bertz CT molecular complexity index is 787. The first-order valence-corrected chi connectivity index (χ1v) is 8.75. The van der Waals surface area contributed by atoms with Gasteiger partial charge in [0.2, 0.25) is 24.2 Å². The standard InChI is InChI=1S/C20H22N2O4/c1-4-16(20(24)15-7-8-17-18(12-15)26-13-25-17)21(3)19(23)9-6-14(2)22-10-5-11-22/h1,12,14,16H,5-6,9-11,13H2,2-3H3/t14?,16-/m1/s1. The number of terminal acetylenes is 1. The van der Waals surface area contributed by atoms with Crippen LogP contribution in [-0.2, 0) is 19.1 Å². The highest BCUT2D eigenvalue weighted by atomic mass is 16.7. The second-order valence-electron chi connectivity index (χ2n) is 6.62. The van der Waals surface area contributed by atoms with Gasteiger partial charge in [-0.15, -0.1) is 6.42 Å². The van der Waals surface area contributed by atoms with Gasteiger partial charge in [0.05, 0.1) is 5.57 Å². The van der Waals surface area contributed by atoms with Crippen LogP contribution in [0.3, 0.4) is 0 Å². The summed E-state index contributed by atoms with van der Waals surface area (Å²) in [6.45, 7) is 4.39. The SMILES string of the molecule is C#C[C@H](C(=O)C1=C=C=C2OCOC2=C1)N(C)C(=O)CCC(C)N1CCC1. The molecule has 1 aliphatic carbocycles. The maximum absolute atomic E-state index is 12.7. The predicted octanol–water partition coefficient (Wildman–Crippen LogP) is 1.36. The molecule has 2 saturated heterocycles. The number of Topliss-reactive ketones (excluding diaryl/α,β-unsaturated/α-hetero) is 1. The lowest BCUT2D eigenvalue weighted by atomic mass is 10.0. The van der Waals surface area contributed by atoms with Crippen LogP contribution in [0.5, 0.6) is 0 Å². The van der Waals surface area contributed by atoms with E-state index in [1.54, 1.807) is 7.05 Å². The average Bonchev–Trinajstić information content (AvgIpc) is 3.06. The molecule has 6 nitrogen and oxygen atoms in total. The van der Waals surface area contributed by atoms with Gasteiger partial charge in [-0.25, -0.2) is 0 Å². The molecule has 1 unspecified atom stereocenters. The van der Waals surface area contributed by atoms with E-state index in [9.17, 15) is 9.59 Å². The maximum atomic E-state index is 12.7. The van der Waals surface area contributed by atoms with Gasteiger partial charge in [-0.05, 0) is 38.6 Å². The number of nitrogens with zero attached hydrogens (tertiary/aromatic N) is 2. The summed E-state index contributed by atoms with van der Waals surface area (Å²) < 4.78 is 10.4. The molecule has 2 fully saturated rings. The molecule has 2 aliphatic heterocycles. The minimum Gasteiger partial charge on any atom is -0.453 e. The Morgan fingerprint density at radius 3 is 2.81 bits per heavy atom. The zero-order valence-electron chi connectivity index (χ0n) is 15.1. The molecule has 0 bridgehead atoms. The topological polar surface area (TPSA) is 59.1 Å². The lowest BCUT2D eigenvalue weighted by Gasteiger charge is -2.36. The molecule has 26 heavy (non-hydrogen) atoms. The molecule has 0 aromatic carbocycles. The zero-order chi connectivity index (χ0) is 18.7. The quantitative estimate of drug-likeness (QED) is 0.510. The van der Waals surface area contributed by atoms with E-state index in [4.69, 9.17) is 15.9 Å². The summed E-state index contributed by atoms with van der Waals surface area (Å²) in [5.74, 6) is 2.75. The summed E-state index contributed by atoms with van der Waals surface area (Å²) in [4.78, 5) is 28.9. The second-order valence-corrected chi connectivity index (χ2v) is 6.62. The maximum Gasteiger partial charge on any atom is 0.232 e. The number of ketones is 1. The lowest BCUT2D eigenvalue weighted by molar-refractivity contribution is -0.135. The van der Waals surface area contributed by atoms with Crippen LogP contribution in [0.25, 0.3) is 0 Å². The lowest BCUT2D eigenvalue weighted by Crippen LogP contribution is -2.45. The Hall–Kier alpha value is -2.70. The minimum atomic E-state index is -0.980. The van der Waals surface area contributed by atoms with E-state index in [-0.39, 0.29) is 24.1 Å². The molecule has 3 rings (SSSR count). The minimum absolute atomic E-state index is 0.0868. The normalized spacial score (nSPS) is 20.1. The van der Waals surface area contributed by atoms with Crippen molar-refractivity contribution in [1.82, 2.24) is 9.80 Å². The van der Waals surface area contributed by atoms with Gasteiger partial charge in [-0.3, -0.25) is 9.59 Å². The molecule has 2 atom stereocenters. The monoisotopic (exact) mass is 354 g/mol. The van der Waals surface area contributed by atoms with E-state index in [1.807, 2.05) is 0 Å². The third-order valence-electron chi connectivity index (χ3n) is 4.97. The van der Waals surface area contributed by atoms with Crippen LogP contribution in [-0.4, -0.2) is 60.5 Å². The molecule has 0 spiro atoms. The summed E-state index contributed by atoms with van der Waals surface area (Å²) >= 11 is 0. The van der Waals surface area contributed by atoms with E-state index < -0.39 is 6.04 Å². The Kier molecular flexibility index (Phi) is 5.35. The Balaban J connectivity index is 1.63. The first kappa shape index (κ1) is 18.1. The molecule has 6 heteroatoms. The van der Waals surface area contributed by atoms with Crippen molar-refractivity contribution >= 4 is 11.7 Å². The molecule has 0 radical (unpaired) electrons. The number of ether oxygens (including phenoxy) is 2. The highest BCUT2D eigenvalue weighted by Gasteiger charge is 2.30. The van der Waals surface area contributed by atoms with Gasteiger partial charge in [0.15, 0.2) is 11.8 Å². The number of hydrogen-bond acceptors (Lipinski definition) is 5. The first-order chi connectivity index (χ1) is 12.5. The summed E-state index contributed by atoms with van der Waals surface area (Å²) in [5.41, 5.74) is 5.71. The Morgan fingerprint density at radius 1 is 1.38 bits per heavy atom. The van der Waals surface area contributed by atoms with Gasteiger partial charge in [-0.1, -0.05) is 11.7 Å². The van der Waals surface area contributed by atoms with Gasteiger partial charge >= 0.3 is 0 Å². The number of fused-ring (bicyclic) bond motifs is 1. The third-order valence-corrected chi connectivity index (χ3v) is 4.97.